The largest absolute Gasteiger partial charge is 0.487 e. The van der Waals surface area contributed by atoms with Crippen molar-refractivity contribution in [3.05, 3.63) is 65.7 Å². The van der Waals surface area contributed by atoms with Crippen LogP contribution in [-0.2, 0) is 11.2 Å². The van der Waals surface area contributed by atoms with Crippen LogP contribution >= 0.6 is 0 Å². The predicted molar refractivity (Wildman–Crippen MR) is 119 cm³/mol. The van der Waals surface area contributed by atoms with Gasteiger partial charge in [0.25, 0.3) is 0 Å². The maximum atomic E-state index is 14.3. The number of aryl methyl sites for hydroxylation is 1. The second kappa shape index (κ2) is 9.35. The van der Waals surface area contributed by atoms with Crippen molar-refractivity contribution in [3.63, 3.8) is 0 Å². The molecule has 0 unspecified atom stereocenters. The van der Waals surface area contributed by atoms with Crippen LogP contribution in [-0.4, -0.2) is 27.2 Å². The number of carbonyl (C=O) groups is 1. The third-order valence-corrected chi connectivity index (χ3v) is 6.04. The molecule has 2 aromatic heterocycles. The van der Waals surface area contributed by atoms with Gasteiger partial charge in [0.2, 0.25) is 5.91 Å². The molecule has 32 heavy (non-hydrogen) atoms. The van der Waals surface area contributed by atoms with Gasteiger partial charge in [-0.3, -0.25) is 15.3 Å². The Morgan fingerprint density at radius 1 is 1.22 bits per heavy atom. The van der Waals surface area contributed by atoms with E-state index in [0.29, 0.717) is 49.3 Å². The van der Waals surface area contributed by atoms with E-state index in [9.17, 15) is 9.18 Å². The van der Waals surface area contributed by atoms with Crippen LogP contribution in [0, 0.1) is 18.2 Å². The summed E-state index contributed by atoms with van der Waals surface area (Å²) < 4.78 is 20.3. The first-order valence-electron chi connectivity index (χ1n) is 10.6. The molecule has 1 aliphatic rings. The summed E-state index contributed by atoms with van der Waals surface area (Å²) in [5.41, 5.74) is 2.96. The van der Waals surface area contributed by atoms with Gasteiger partial charge in [0, 0.05) is 24.4 Å². The number of carbonyl (C=O) groups excluding carboxylic acids is 1. The van der Waals surface area contributed by atoms with Crippen LogP contribution in [0.4, 0.5) is 16.0 Å². The van der Waals surface area contributed by atoms with Crippen LogP contribution in [0.25, 0.3) is 0 Å². The summed E-state index contributed by atoms with van der Waals surface area (Å²) in [5.74, 6) is 6.53. The smallest absolute Gasteiger partial charge is 0.240 e. The van der Waals surface area contributed by atoms with E-state index in [1.165, 1.54) is 0 Å². The highest BCUT2D eigenvalue weighted by atomic mass is 19.1. The van der Waals surface area contributed by atoms with E-state index in [4.69, 9.17) is 10.6 Å². The highest BCUT2D eigenvalue weighted by Gasteiger charge is 2.42. The number of amides is 1. The number of rotatable bonds is 7. The minimum absolute atomic E-state index is 0.161. The summed E-state index contributed by atoms with van der Waals surface area (Å²) in [6, 6.07) is 12.6. The molecule has 0 spiro atoms. The molecule has 0 atom stereocenters. The number of pyridine rings is 1. The predicted octanol–water partition coefficient (Wildman–Crippen LogP) is 3.54. The molecular weight excluding hydrogens is 411 g/mol. The molecule has 0 saturated heterocycles. The van der Waals surface area contributed by atoms with Crippen LogP contribution < -0.4 is 21.3 Å². The second-order valence-electron chi connectivity index (χ2n) is 8.23. The lowest BCUT2D eigenvalue weighted by Crippen LogP contribution is -2.48. The maximum Gasteiger partial charge on any atom is 0.240 e. The highest BCUT2D eigenvalue weighted by Crippen LogP contribution is 2.41. The van der Waals surface area contributed by atoms with Crippen LogP contribution in [0.5, 0.6) is 5.75 Å². The number of ether oxygens (including phenoxy) is 1. The number of hydrogen-bond donors (Lipinski definition) is 4. The molecule has 4 rings (SSSR count). The first-order chi connectivity index (χ1) is 15.5. The molecule has 1 saturated carbocycles. The molecule has 3 aromatic rings. The van der Waals surface area contributed by atoms with Gasteiger partial charge in [0.1, 0.15) is 5.82 Å². The second-order valence-corrected chi connectivity index (χ2v) is 8.23. The third kappa shape index (κ3) is 4.72. The molecule has 1 aliphatic carbocycles. The lowest BCUT2D eigenvalue weighted by Gasteiger charge is -2.38. The van der Waals surface area contributed by atoms with Crippen LogP contribution in [0.2, 0.25) is 0 Å². The number of hydrazine groups is 1. The van der Waals surface area contributed by atoms with Gasteiger partial charge in [-0.15, -0.1) is 0 Å². The zero-order chi connectivity index (χ0) is 22.6. The highest BCUT2D eigenvalue weighted by molar-refractivity contribution is 5.82. The van der Waals surface area contributed by atoms with Gasteiger partial charge in [0.15, 0.2) is 17.4 Å². The lowest BCUT2D eigenvalue weighted by molar-refractivity contribution is -0.134. The molecule has 1 fully saturated rings. The summed E-state index contributed by atoms with van der Waals surface area (Å²) in [5, 5.41) is 9.94. The Balaban J connectivity index is 1.46. The van der Waals surface area contributed by atoms with Gasteiger partial charge in [-0.1, -0.05) is 18.2 Å². The van der Waals surface area contributed by atoms with E-state index in [-0.39, 0.29) is 23.6 Å². The average molecular weight is 439 g/mol. The van der Waals surface area contributed by atoms with Crippen LogP contribution in [0.15, 0.2) is 48.7 Å². The number of nitrogens with two attached hydrogens (primary N) is 1. The molecule has 168 valence electrons. The average Bonchev–Trinajstić information content (AvgIpc) is 3.31. The number of aromatic amines is 1. The molecule has 5 N–H and O–H groups in total. The number of nitrogens with one attached hydrogen (secondary N) is 3. The van der Waals surface area contributed by atoms with Crippen molar-refractivity contribution in [2.24, 2.45) is 11.3 Å². The van der Waals surface area contributed by atoms with Gasteiger partial charge in [-0.2, -0.15) is 5.10 Å². The van der Waals surface area contributed by atoms with Gasteiger partial charge >= 0.3 is 0 Å². The van der Waals surface area contributed by atoms with Gasteiger partial charge in [0.05, 0.1) is 11.5 Å². The van der Waals surface area contributed by atoms with E-state index in [0.717, 1.165) is 5.69 Å². The Bertz CT molecular complexity index is 1060. The molecule has 0 aliphatic heterocycles. The standard InChI is InChI=1S/C23H27FN6O2/c1-15-4-2-6-18(21(15)24)32-17-8-11-23(12-9-17,22(31)29-25)14-16-5-3-7-19(27-16)28-20-10-13-26-30-20/h2-7,10,13,17H,8-9,11-12,14,25H2,1H3,(H,29,31)(H2,26,27,28,30)/t17-,23-. The van der Waals surface area contributed by atoms with Crippen LogP contribution in [0.1, 0.15) is 36.9 Å². The zero-order valence-corrected chi connectivity index (χ0v) is 17.9. The normalized spacial score (nSPS) is 20.5. The monoisotopic (exact) mass is 438 g/mol. The fourth-order valence-corrected chi connectivity index (χ4v) is 4.25. The van der Waals surface area contributed by atoms with E-state index >= 15 is 0 Å². The summed E-state index contributed by atoms with van der Waals surface area (Å²) in [6.45, 7) is 1.71. The summed E-state index contributed by atoms with van der Waals surface area (Å²) in [6.07, 6.45) is 4.36. The number of anilines is 2. The molecular formula is C23H27FN6O2. The minimum atomic E-state index is -0.697. The lowest BCUT2D eigenvalue weighted by atomic mass is 9.69. The molecule has 2 heterocycles. The number of hydrogen-bond acceptors (Lipinski definition) is 6. The summed E-state index contributed by atoms with van der Waals surface area (Å²) in [7, 11) is 0. The Morgan fingerprint density at radius 2 is 2.00 bits per heavy atom. The molecule has 0 radical (unpaired) electrons. The number of nitrogens with zero attached hydrogens (tertiary/aromatic N) is 2. The van der Waals surface area contributed by atoms with Crippen molar-refractivity contribution in [2.75, 3.05) is 5.32 Å². The molecule has 1 amide bonds. The Hall–Kier alpha value is -3.46. The minimum Gasteiger partial charge on any atom is -0.487 e. The molecule has 0 bridgehead atoms. The van der Waals surface area contributed by atoms with Crippen molar-refractivity contribution in [1.82, 2.24) is 20.6 Å². The first-order valence-corrected chi connectivity index (χ1v) is 10.6. The summed E-state index contributed by atoms with van der Waals surface area (Å²) >= 11 is 0. The van der Waals surface area contributed by atoms with Crippen molar-refractivity contribution in [3.8, 4) is 5.75 Å². The van der Waals surface area contributed by atoms with Gasteiger partial charge in [-0.05, 0) is 56.4 Å². The van der Waals surface area contributed by atoms with E-state index < -0.39 is 5.41 Å². The Morgan fingerprint density at radius 3 is 2.72 bits per heavy atom. The third-order valence-electron chi connectivity index (χ3n) is 6.04. The van der Waals surface area contributed by atoms with E-state index in [1.807, 2.05) is 18.2 Å². The molecule has 9 heteroatoms. The number of benzene rings is 1. The first kappa shape index (κ1) is 21.8. The van der Waals surface area contributed by atoms with Gasteiger partial charge < -0.3 is 10.1 Å². The van der Waals surface area contributed by atoms with Crippen LogP contribution in [0.3, 0.4) is 0 Å². The fraction of sp³-hybridized carbons (Fsp3) is 0.348. The van der Waals surface area contributed by atoms with Crippen molar-refractivity contribution in [2.45, 2.75) is 45.1 Å². The van der Waals surface area contributed by atoms with Crippen molar-refractivity contribution < 1.29 is 13.9 Å². The van der Waals surface area contributed by atoms with Gasteiger partial charge in [-0.25, -0.2) is 15.2 Å². The topological polar surface area (TPSA) is 118 Å². The number of halogens is 1. The Labute approximate surface area is 185 Å². The molecule has 8 nitrogen and oxygen atoms in total. The van der Waals surface area contributed by atoms with E-state index in [2.05, 4.69) is 25.9 Å². The fourth-order valence-electron chi connectivity index (χ4n) is 4.25. The molecule has 1 aromatic carbocycles. The summed E-state index contributed by atoms with van der Waals surface area (Å²) in [4.78, 5) is 17.4. The SMILES string of the molecule is Cc1cccc(O[C@H]2CC[C@](Cc3cccc(Nc4cc[nH]n4)n3)(C(=O)NN)CC2)c1F. The van der Waals surface area contributed by atoms with Crippen molar-refractivity contribution in [1.29, 1.82) is 0 Å². The quantitative estimate of drug-likeness (QED) is 0.255. The number of aromatic nitrogens is 3. The van der Waals surface area contributed by atoms with Crippen molar-refractivity contribution >= 4 is 17.5 Å². The zero-order valence-electron chi connectivity index (χ0n) is 17.9. The maximum absolute atomic E-state index is 14.3. The number of H-pyrrole nitrogens is 1. The van der Waals surface area contributed by atoms with E-state index in [1.54, 1.807) is 37.4 Å². The Kier molecular flexibility index (Phi) is 6.36.